The van der Waals surface area contributed by atoms with Crippen molar-refractivity contribution >= 4 is 11.6 Å². The van der Waals surface area contributed by atoms with Gasteiger partial charge in [-0.1, -0.05) is 13.8 Å². The van der Waals surface area contributed by atoms with Crippen molar-refractivity contribution < 1.29 is 9.90 Å². The number of amides is 1. The van der Waals surface area contributed by atoms with Gasteiger partial charge in [-0.25, -0.2) is 0 Å². The molecule has 5 nitrogen and oxygen atoms in total. The van der Waals surface area contributed by atoms with E-state index in [4.69, 9.17) is 10.8 Å². The summed E-state index contributed by atoms with van der Waals surface area (Å²) in [5, 5.41) is 11.7. The lowest BCUT2D eigenvalue weighted by Gasteiger charge is -2.12. The van der Waals surface area contributed by atoms with Crippen molar-refractivity contribution in [2.75, 3.05) is 18.9 Å². The number of aromatic nitrogens is 1. The first-order valence-electron chi connectivity index (χ1n) is 6.43. The Labute approximate surface area is 108 Å². The number of nitrogens with zero attached hydrogens (tertiary/aromatic N) is 1. The van der Waals surface area contributed by atoms with Crippen molar-refractivity contribution in [1.29, 1.82) is 0 Å². The Balaban J connectivity index is 2.60. The Hall–Kier alpha value is -1.49. The molecule has 1 aromatic heterocycles. The Kier molecular flexibility index (Phi) is 5.71. The first kappa shape index (κ1) is 14.6. The molecule has 0 aliphatic heterocycles. The fourth-order valence-corrected chi connectivity index (χ4v) is 1.83. The molecule has 1 heterocycles. The van der Waals surface area contributed by atoms with Crippen LogP contribution in [0.3, 0.4) is 0 Å². The zero-order valence-electron chi connectivity index (χ0n) is 11.1. The Morgan fingerprint density at radius 3 is 2.94 bits per heavy atom. The second-order valence-corrected chi connectivity index (χ2v) is 4.68. The summed E-state index contributed by atoms with van der Waals surface area (Å²) in [7, 11) is 0. The van der Waals surface area contributed by atoms with E-state index in [0.717, 1.165) is 13.0 Å². The van der Waals surface area contributed by atoms with Crippen molar-refractivity contribution in [1.82, 2.24) is 9.88 Å². The van der Waals surface area contributed by atoms with Gasteiger partial charge >= 0.3 is 0 Å². The van der Waals surface area contributed by atoms with Crippen LogP contribution in [0.25, 0.3) is 0 Å². The monoisotopic (exact) mass is 253 g/mol. The lowest BCUT2D eigenvalue weighted by molar-refractivity contribution is 0.0936. The Bertz CT molecular complexity index is 388. The maximum atomic E-state index is 12.0. The van der Waals surface area contributed by atoms with E-state index < -0.39 is 0 Å². The fraction of sp³-hybridized carbons (Fsp3) is 0.615. The van der Waals surface area contributed by atoms with E-state index >= 15 is 0 Å². The summed E-state index contributed by atoms with van der Waals surface area (Å²) in [5.41, 5.74) is 6.93. The van der Waals surface area contributed by atoms with Gasteiger partial charge in [0.05, 0.1) is 5.69 Å². The highest BCUT2D eigenvalue weighted by Crippen LogP contribution is 2.11. The van der Waals surface area contributed by atoms with Crippen LogP contribution in [0.5, 0.6) is 0 Å². The number of nitrogens with one attached hydrogen (secondary N) is 1. The molecule has 0 saturated heterocycles. The number of aliphatic hydroxyl groups is 1. The number of nitrogens with two attached hydrogens (primary N) is 1. The van der Waals surface area contributed by atoms with Crippen molar-refractivity contribution in [2.24, 2.45) is 5.92 Å². The standard InChI is InChI=1S/C13H23N3O2/c1-3-5-16-9-11(14)7-12(16)13(18)15-8-10(2)4-6-17/h7,9-10,17H,3-6,8,14H2,1-2H3,(H,15,18). The van der Waals surface area contributed by atoms with Crippen molar-refractivity contribution in [2.45, 2.75) is 33.2 Å². The summed E-state index contributed by atoms with van der Waals surface area (Å²) in [5.74, 6) is 0.163. The highest BCUT2D eigenvalue weighted by atomic mass is 16.3. The van der Waals surface area contributed by atoms with Crippen LogP contribution in [0.2, 0.25) is 0 Å². The number of aliphatic hydroxyl groups excluding tert-OH is 1. The number of carbonyl (C=O) groups is 1. The molecule has 1 atom stereocenters. The van der Waals surface area contributed by atoms with Crippen LogP contribution in [0.1, 0.15) is 37.2 Å². The predicted molar refractivity (Wildman–Crippen MR) is 72.3 cm³/mol. The van der Waals surface area contributed by atoms with Crippen LogP contribution in [-0.2, 0) is 6.54 Å². The molecule has 0 aromatic carbocycles. The summed E-state index contributed by atoms with van der Waals surface area (Å²) < 4.78 is 1.88. The molecule has 0 spiro atoms. The van der Waals surface area contributed by atoms with Gasteiger partial charge in [-0.2, -0.15) is 0 Å². The van der Waals surface area contributed by atoms with Crippen LogP contribution in [-0.4, -0.2) is 28.7 Å². The molecule has 4 N–H and O–H groups in total. The third kappa shape index (κ3) is 4.07. The zero-order chi connectivity index (χ0) is 13.5. The van der Waals surface area contributed by atoms with Crippen LogP contribution in [0.15, 0.2) is 12.3 Å². The summed E-state index contributed by atoms with van der Waals surface area (Å²) in [6.07, 6.45) is 3.43. The van der Waals surface area contributed by atoms with Gasteiger partial charge < -0.3 is 20.7 Å². The molecule has 0 radical (unpaired) electrons. The average Bonchev–Trinajstić information content (AvgIpc) is 2.68. The third-order valence-electron chi connectivity index (χ3n) is 2.85. The zero-order valence-corrected chi connectivity index (χ0v) is 11.1. The van der Waals surface area contributed by atoms with Crippen molar-refractivity contribution in [3.05, 3.63) is 18.0 Å². The van der Waals surface area contributed by atoms with E-state index in [2.05, 4.69) is 12.2 Å². The number of aryl methyl sites for hydroxylation is 1. The van der Waals surface area contributed by atoms with E-state index in [9.17, 15) is 4.79 Å². The molecule has 1 rings (SSSR count). The van der Waals surface area contributed by atoms with E-state index in [-0.39, 0.29) is 18.4 Å². The molecule has 0 fully saturated rings. The van der Waals surface area contributed by atoms with Crippen LogP contribution >= 0.6 is 0 Å². The summed E-state index contributed by atoms with van der Waals surface area (Å²) in [6.45, 7) is 5.55. The summed E-state index contributed by atoms with van der Waals surface area (Å²) >= 11 is 0. The van der Waals surface area contributed by atoms with E-state index in [1.165, 1.54) is 0 Å². The minimum Gasteiger partial charge on any atom is -0.397 e. The molecular formula is C13H23N3O2. The molecule has 1 unspecified atom stereocenters. The van der Waals surface area contributed by atoms with Crippen molar-refractivity contribution in [3.63, 3.8) is 0 Å². The lowest BCUT2D eigenvalue weighted by Crippen LogP contribution is -2.30. The van der Waals surface area contributed by atoms with Crippen LogP contribution < -0.4 is 11.1 Å². The largest absolute Gasteiger partial charge is 0.397 e. The lowest BCUT2D eigenvalue weighted by atomic mass is 10.1. The van der Waals surface area contributed by atoms with Gasteiger partial charge in [0.1, 0.15) is 5.69 Å². The van der Waals surface area contributed by atoms with Gasteiger partial charge in [-0.05, 0) is 24.8 Å². The van der Waals surface area contributed by atoms with E-state index in [1.54, 1.807) is 12.3 Å². The highest BCUT2D eigenvalue weighted by molar-refractivity contribution is 5.93. The first-order chi connectivity index (χ1) is 8.58. The quantitative estimate of drug-likeness (QED) is 0.683. The van der Waals surface area contributed by atoms with Gasteiger partial charge in [-0.15, -0.1) is 0 Å². The minimum atomic E-state index is -0.107. The molecule has 18 heavy (non-hydrogen) atoms. The van der Waals surface area contributed by atoms with Gasteiger partial charge in [0.15, 0.2) is 0 Å². The van der Waals surface area contributed by atoms with Gasteiger partial charge in [0, 0.05) is 25.9 Å². The number of nitrogen functional groups attached to an aromatic ring is 1. The van der Waals surface area contributed by atoms with E-state index in [0.29, 0.717) is 24.3 Å². The minimum absolute atomic E-state index is 0.107. The first-order valence-corrected chi connectivity index (χ1v) is 6.43. The second-order valence-electron chi connectivity index (χ2n) is 4.68. The highest BCUT2D eigenvalue weighted by Gasteiger charge is 2.13. The number of hydrogen-bond donors (Lipinski definition) is 3. The number of anilines is 1. The van der Waals surface area contributed by atoms with Crippen molar-refractivity contribution in [3.8, 4) is 0 Å². The average molecular weight is 253 g/mol. The third-order valence-corrected chi connectivity index (χ3v) is 2.85. The van der Waals surface area contributed by atoms with E-state index in [1.807, 2.05) is 11.5 Å². The molecule has 0 bridgehead atoms. The number of hydrogen-bond acceptors (Lipinski definition) is 3. The number of rotatable bonds is 7. The number of carbonyl (C=O) groups excluding carboxylic acids is 1. The molecule has 0 aliphatic rings. The SMILES string of the molecule is CCCn1cc(N)cc1C(=O)NCC(C)CCO. The molecule has 0 saturated carbocycles. The summed E-state index contributed by atoms with van der Waals surface area (Å²) in [6, 6.07) is 1.70. The Morgan fingerprint density at radius 2 is 2.33 bits per heavy atom. The maximum Gasteiger partial charge on any atom is 0.267 e. The molecular weight excluding hydrogens is 230 g/mol. The molecule has 102 valence electrons. The predicted octanol–water partition coefficient (Wildman–Crippen LogP) is 1.23. The second kappa shape index (κ2) is 7.06. The fourth-order valence-electron chi connectivity index (χ4n) is 1.83. The van der Waals surface area contributed by atoms with Gasteiger partial charge in [0.2, 0.25) is 0 Å². The normalized spacial score (nSPS) is 12.4. The van der Waals surface area contributed by atoms with Crippen LogP contribution in [0, 0.1) is 5.92 Å². The molecule has 0 aliphatic carbocycles. The molecule has 5 heteroatoms. The topological polar surface area (TPSA) is 80.3 Å². The molecule has 1 aromatic rings. The molecule has 1 amide bonds. The maximum absolute atomic E-state index is 12.0. The van der Waals surface area contributed by atoms with Crippen LogP contribution in [0.4, 0.5) is 5.69 Å². The summed E-state index contributed by atoms with van der Waals surface area (Å²) in [4.78, 5) is 12.0. The van der Waals surface area contributed by atoms with Gasteiger partial charge in [-0.3, -0.25) is 4.79 Å². The smallest absolute Gasteiger partial charge is 0.267 e. The van der Waals surface area contributed by atoms with Gasteiger partial charge in [0.25, 0.3) is 5.91 Å². The Morgan fingerprint density at radius 1 is 1.61 bits per heavy atom.